The number of rotatable bonds is 5. The first kappa shape index (κ1) is 20.3. The lowest BCUT2D eigenvalue weighted by Gasteiger charge is -2.19. The zero-order valence-electron chi connectivity index (χ0n) is 14.5. The van der Waals surface area contributed by atoms with Crippen molar-refractivity contribution in [2.75, 3.05) is 32.0 Å². The zero-order valence-corrected chi connectivity index (χ0v) is 15.3. The van der Waals surface area contributed by atoms with E-state index in [4.69, 9.17) is 0 Å². The number of benzene rings is 1. The molecule has 0 radical (unpaired) electrons. The summed E-state index contributed by atoms with van der Waals surface area (Å²) in [4.78, 5) is 26.5. The number of likely N-dealkylation sites (tertiary alicyclic amines) is 1. The van der Waals surface area contributed by atoms with Crippen molar-refractivity contribution < 1.29 is 9.59 Å². The maximum absolute atomic E-state index is 12.8. The lowest BCUT2D eigenvalue weighted by Crippen LogP contribution is -2.35. The van der Waals surface area contributed by atoms with Gasteiger partial charge in [-0.15, -0.1) is 12.4 Å². The van der Waals surface area contributed by atoms with Crippen LogP contribution in [0, 0.1) is 5.92 Å². The van der Waals surface area contributed by atoms with Gasteiger partial charge in [-0.25, -0.2) is 4.79 Å². The van der Waals surface area contributed by atoms with Crippen LogP contribution in [0.2, 0.25) is 0 Å². The Morgan fingerprint density at radius 1 is 1.29 bits per heavy atom. The molecule has 1 saturated heterocycles. The van der Waals surface area contributed by atoms with Crippen molar-refractivity contribution in [2.45, 2.75) is 26.3 Å². The summed E-state index contributed by atoms with van der Waals surface area (Å²) in [6.07, 6.45) is 1.01. The van der Waals surface area contributed by atoms with Crippen LogP contribution in [0.3, 0.4) is 0 Å². The van der Waals surface area contributed by atoms with Crippen molar-refractivity contribution in [1.29, 1.82) is 0 Å². The largest absolute Gasteiger partial charge is 0.338 e. The van der Waals surface area contributed by atoms with Gasteiger partial charge in [0.15, 0.2) is 0 Å². The van der Waals surface area contributed by atoms with E-state index in [2.05, 4.69) is 16.0 Å². The van der Waals surface area contributed by atoms with Crippen LogP contribution in [0.15, 0.2) is 24.3 Å². The van der Waals surface area contributed by atoms with Crippen molar-refractivity contribution in [2.24, 2.45) is 5.92 Å². The van der Waals surface area contributed by atoms with E-state index < -0.39 is 0 Å². The Morgan fingerprint density at radius 2 is 2.00 bits per heavy atom. The third kappa shape index (κ3) is 5.39. The third-order valence-electron chi connectivity index (χ3n) is 3.89. The molecule has 1 atom stereocenters. The van der Waals surface area contributed by atoms with Crippen LogP contribution in [0.1, 0.15) is 30.6 Å². The van der Waals surface area contributed by atoms with E-state index in [1.165, 1.54) is 0 Å². The van der Waals surface area contributed by atoms with Gasteiger partial charge in [0, 0.05) is 19.1 Å². The molecule has 6 nitrogen and oxygen atoms in total. The highest BCUT2D eigenvalue weighted by Crippen LogP contribution is 2.22. The molecule has 7 heteroatoms. The van der Waals surface area contributed by atoms with Gasteiger partial charge in [-0.2, -0.15) is 0 Å². The van der Waals surface area contributed by atoms with Crippen molar-refractivity contribution in [3.63, 3.8) is 0 Å². The number of hydrogen-bond donors (Lipinski definition) is 3. The van der Waals surface area contributed by atoms with Crippen molar-refractivity contribution in [1.82, 2.24) is 15.5 Å². The molecule has 134 valence electrons. The van der Waals surface area contributed by atoms with Gasteiger partial charge in [0.1, 0.15) is 0 Å². The molecule has 1 fully saturated rings. The molecule has 0 aromatic heterocycles. The molecule has 3 N–H and O–H groups in total. The second kappa shape index (κ2) is 9.49. The summed E-state index contributed by atoms with van der Waals surface area (Å²) in [5.74, 6) is 0.470. The van der Waals surface area contributed by atoms with Crippen LogP contribution < -0.4 is 16.0 Å². The normalized spacial score (nSPS) is 16.7. The molecule has 0 saturated carbocycles. The number of anilines is 1. The molecule has 0 spiro atoms. The minimum atomic E-state index is -0.297. The number of carbonyl (C=O) groups excluding carboxylic acids is 2. The van der Waals surface area contributed by atoms with Gasteiger partial charge in [-0.1, -0.05) is 12.1 Å². The fourth-order valence-corrected chi connectivity index (χ4v) is 2.84. The van der Waals surface area contributed by atoms with Crippen LogP contribution in [0.4, 0.5) is 10.5 Å². The zero-order chi connectivity index (χ0) is 16.8. The Kier molecular flexibility index (Phi) is 8.01. The third-order valence-corrected chi connectivity index (χ3v) is 3.89. The summed E-state index contributed by atoms with van der Waals surface area (Å²) in [6.45, 7) is 6.22. The van der Waals surface area contributed by atoms with Crippen molar-refractivity contribution >= 4 is 30.0 Å². The van der Waals surface area contributed by atoms with E-state index in [1.807, 2.05) is 37.9 Å². The van der Waals surface area contributed by atoms with Crippen LogP contribution in [-0.2, 0) is 0 Å². The summed E-state index contributed by atoms with van der Waals surface area (Å²) in [6, 6.07) is 6.90. The second-order valence-electron chi connectivity index (χ2n) is 6.26. The second-order valence-corrected chi connectivity index (χ2v) is 6.26. The molecule has 1 aromatic carbocycles. The maximum atomic E-state index is 12.8. The summed E-state index contributed by atoms with van der Waals surface area (Å²) in [7, 11) is 1.93. The number of halogens is 1. The highest BCUT2D eigenvalue weighted by atomic mass is 35.5. The van der Waals surface area contributed by atoms with Gasteiger partial charge in [0.05, 0.1) is 11.3 Å². The quantitative estimate of drug-likeness (QED) is 0.759. The average molecular weight is 355 g/mol. The molecule has 1 aliphatic heterocycles. The number of nitrogens with one attached hydrogen (secondary N) is 3. The van der Waals surface area contributed by atoms with E-state index in [9.17, 15) is 9.59 Å². The average Bonchev–Trinajstić information content (AvgIpc) is 2.95. The molecule has 24 heavy (non-hydrogen) atoms. The van der Waals surface area contributed by atoms with Gasteiger partial charge < -0.3 is 20.9 Å². The predicted molar refractivity (Wildman–Crippen MR) is 98.9 cm³/mol. The monoisotopic (exact) mass is 354 g/mol. The fraction of sp³-hybridized carbons (Fsp3) is 0.529. The molecule has 1 heterocycles. The predicted octanol–water partition coefficient (Wildman–Crippen LogP) is 2.32. The molecule has 0 bridgehead atoms. The van der Waals surface area contributed by atoms with Crippen LogP contribution in [0.5, 0.6) is 0 Å². The Labute approximate surface area is 149 Å². The minimum Gasteiger partial charge on any atom is -0.338 e. The van der Waals surface area contributed by atoms with Crippen molar-refractivity contribution in [3.05, 3.63) is 29.8 Å². The van der Waals surface area contributed by atoms with Crippen molar-refractivity contribution in [3.8, 4) is 0 Å². The minimum absolute atomic E-state index is 0. The summed E-state index contributed by atoms with van der Waals surface area (Å²) in [5, 5.41) is 8.70. The van der Waals surface area contributed by atoms with E-state index in [1.54, 1.807) is 12.1 Å². The highest BCUT2D eigenvalue weighted by molar-refractivity contribution is 6.03. The van der Waals surface area contributed by atoms with Crippen LogP contribution >= 0.6 is 12.4 Å². The number of urea groups is 1. The van der Waals surface area contributed by atoms with E-state index in [0.29, 0.717) is 17.2 Å². The molecule has 1 unspecified atom stereocenters. The van der Waals surface area contributed by atoms with Crippen LogP contribution in [0.25, 0.3) is 0 Å². The van der Waals surface area contributed by atoms with Crippen LogP contribution in [-0.4, -0.2) is 49.6 Å². The van der Waals surface area contributed by atoms with E-state index in [-0.39, 0.29) is 30.4 Å². The smallest absolute Gasteiger partial charge is 0.319 e. The topological polar surface area (TPSA) is 73.5 Å². The van der Waals surface area contributed by atoms with Gasteiger partial charge in [0.25, 0.3) is 5.91 Å². The van der Waals surface area contributed by atoms with E-state index in [0.717, 1.165) is 26.1 Å². The lowest BCUT2D eigenvalue weighted by atomic mass is 10.1. The summed E-state index contributed by atoms with van der Waals surface area (Å²) in [5.41, 5.74) is 1.09. The van der Waals surface area contributed by atoms with Gasteiger partial charge >= 0.3 is 6.03 Å². The van der Waals surface area contributed by atoms with Gasteiger partial charge in [-0.05, 0) is 51.9 Å². The lowest BCUT2D eigenvalue weighted by molar-refractivity contribution is 0.0788. The first-order valence-corrected chi connectivity index (χ1v) is 8.11. The Bertz CT molecular complexity index is 565. The Morgan fingerprint density at radius 3 is 2.67 bits per heavy atom. The number of carbonyl (C=O) groups is 2. The SMILES string of the molecule is CNCC1CCN(C(=O)c2ccccc2NC(=O)NC(C)C)C1.Cl. The summed E-state index contributed by atoms with van der Waals surface area (Å²) < 4.78 is 0. The van der Waals surface area contributed by atoms with E-state index >= 15 is 0 Å². The molecular formula is C17H27ClN4O2. The first-order chi connectivity index (χ1) is 11.0. The number of hydrogen-bond acceptors (Lipinski definition) is 3. The van der Waals surface area contributed by atoms with Gasteiger partial charge in [-0.3, -0.25) is 4.79 Å². The molecule has 1 aromatic rings. The van der Waals surface area contributed by atoms with Gasteiger partial charge in [0.2, 0.25) is 0 Å². The number of para-hydroxylation sites is 1. The molecule has 2 rings (SSSR count). The first-order valence-electron chi connectivity index (χ1n) is 8.11. The Hall–Kier alpha value is -1.79. The Balaban J connectivity index is 0.00000288. The maximum Gasteiger partial charge on any atom is 0.319 e. The molecular weight excluding hydrogens is 328 g/mol. The highest BCUT2D eigenvalue weighted by Gasteiger charge is 2.27. The standard InChI is InChI=1S/C17H26N4O2.ClH/c1-12(2)19-17(23)20-15-7-5-4-6-14(15)16(22)21-9-8-13(11-21)10-18-3;/h4-7,12-13,18H,8-11H2,1-3H3,(H2,19,20,23);1H. The summed E-state index contributed by atoms with van der Waals surface area (Å²) >= 11 is 0. The number of amides is 3. The molecule has 0 aliphatic carbocycles. The fourth-order valence-electron chi connectivity index (χ4n) is 2.84. The molecule has 3 amide bonds. The molecule has 1 aliphatic rings. The number of nitrogens with zero attached hydrogens (tertiary/aromatic N) is 1.